The molecular formula is C8H5N3O5. The minimum Gasteiger partial charge on any atom is -0.477 e. The Morgan fingerprint density at radius 2 is 1.88 bits per heavy atom. The number of carbonyl (C=O) groups is 2. The molecule has 2 aromatic rings. The van der Waals surface area contributed by atoms with Crippen molar-refractivity contribution in [3.63, 3.8) is 0 Å². The number of aromatic carboxylic acids is 2. The molecule has 0 amide bonds. The van der Waals surface area contributed by atoms with Crippen LogP contribution in [0.15, 0.2) is 17.2 Å². The highest BCUT2D eigenvalue weighted by molar-refractivity contribution is 5.94. The zero-order valence-corrected chi connectivity index (χ0v) is 7.67. The average molecular weight is 223 g/mol. The summed E-state index contributed by atoms with van der Waals surface area (Å²) in [6.07, 6.45) is 1.90. The summed E-state index contributed by atoms with van der Waals surface area (Å²) in [5, 5.41) is 19.7. The van der Waals surface area contributed by atoms with E-state index in [4.69, 9.17) is 10.2 Å². The van der Waals surface area contributed by atoms with E-state index in [1.54, 1.807) is 0 Å². The van der Waals surface area contributed by atoms with Crippen molar-refractivity contribution >= 4 is 17.6 Å². The molecule has 2 heterocycles. The summed E-state index contributed by atoms with van der Waals surface area (Å²) >= 11 is 0. The van der Waals surface area contributed by atoms with E-state index in [9.17, 15) is 14.4 Å². The fraction of sp³-hybridized carbons (Fsp3) is 0. The molecule has 82 valence electrons. The highest BCUT2D eigenvalue weighted by Crippen LogP contribution is 2.05. The van der Waals surface area contributed by atoms with Crippen LogP contribution in [0.4, 0.5) is 0 Å². The second kappa shape index (κ2) is 3.19. The summed E-state index contributed by atoms with van der Waals surface area (Å²) in [5.74, 6) is -2.67. The van der Waals surface area contributed by atoms with Gasteiger partial charge in [0.25, 0.3) is 5.56 Å². The van der Waals surface area contributed by atoms with Gasteiger partial charge in [0.2, 0.25) is 0 Å². The molecule has 0 aliphatic rings. The van der Waals surface area contributed by atoms with Crippen molar-refractivity contribution in [2.45, 2.75) is 0 Å². The highest BCUT2D eigenvalue weighted by Gasteiger charge is 2.17. The predicted octanol–water partition coefficient (Wildman–Crippen LogP) is -0.581. The number of carboxylic acid groups (broad SMARTS) is 2. The van der Waals surface area contributed by atoms with E-state index >= 15 is 0 Å². The summed E-state index contributed by atoms with van der Waals surface area (Å²) in [6, 6.07) is 0. The third kappa shape index (κ3) is 1.24. The van der Waals surface area contributed by atoms with Crippen molar-refractivity contribution in [3.05, 3.63) is 33.9 Å². The molecule has 0 aromatic carbocycles. The fourth-order valence-electron chi connectivity index (χ4n) is 1.26. The molecule has 0 bridgehead atoms. The standard InChI is InChI=1S/C8H5N3O5/c12-6-4(8(15)16)1-9-5-3(7(13)14)2-10-11(5)6/h1-2,10H,(H,13,14)(H,15,16). The third-order valence-electron chi connectivity index (χ3n) is 2.00. The zero-order chi connectivity index (χ0) is 11.9. The molecule has 0 fully saturated rings. The Labute approximate surface area is 86.8 Å². The second-order valence-electron chi connectivity index (χ2n) is 2.93. The highest BCUT2D eigenvalue weighted by atomic mass is 16.4. The van der Waals surface area contributed by atoms with Crippen molar-refractivity contribution in [2.75, 3.05) is 0 Å². The lowest BCUT2D eigenvalue weighted by Gasteiger charge is -1.95. The van der Waals surface area contributed by atoms with Crippen LogP contribution in [0.5, 0.6) is 0 Å². The van der Waals surface area contributed by atoms with Gasteiger partial charge in [-0.05, 0) is 0 Å². The van der Waals surface area contributed by atoms with E-state index in [-0.39, 0.29) is 11.2 Å². The van der Waals surface area contributed by atoms with Crippen LogP contribution in [-0.4, -0.2) is 36.7 Å². The van der Waals surface area contributed by atoms with E-state index in [0.29, 0.717) is 0 Å². The smallest absolute Gasteiger partial charge is 0.343 e. The van der Waals surface area contributed by atoms with E-state index < -0.39 is 23.1 Å². The van der Waals surface area contributed by atoms with E-state index in [2.05, 4.69) is 10.1 Å². The van der Waals surface area contributed by atoms with Gasteiger partial charge in [-0.3, -0.25) is 9.89 Å². The molecule has 16 heavy (non-hydrogen) atoms. The van der Waals surface area contributed by atoms with Gasteiger partial charge in [0, 0.05) is 12.4 Å². The summed E-state index contributed by atoms with van der Waals surface area (Å²) in [4.78, 5) is 36.5. The maximum absolute atomic E-state index is 11.5. The number of H-pyrrole nitrogens is 1. The van der Waals surface area contributed by atoms with Gasteiger partial charge in [0.05, 0.1) is 0 Å². The molecule has 8 nitrogen and oxygen atoms in total. The first-order valence-electron chi connectivity index (χ1n) is 4.08. The van der Waals surface area contributed by atoms with E-state index in [0.717, 1.165) is 16.9 Å². The first-order valence-corrected chi connectivity index (χ1v) is 4.08. The van der Waals surface area contributed by atoms with Crippen LogP contribution in [0.25, 0.3) is 5.65 Å². The van der Waals surface area contributed by atoms with Crippen LogP contribution >= 0.6 is 0 Å². The van der Waals surface area contributed by atoms with E-state index in [1.807, 2.05) is 0 Å². The molecule has 2 rings (SSSR count). The molecule has 0 spiro atoms. The average Bonchev–Trinajstić information content (AvgIpc) is 2.61. The van der Waals surface area contributed by atoms with Gasteiger partial charge in [0.15, 0.2) is 5.65 Å². The Bertz CT molecular complexity index is 653. The van der Waals surface area contributed by atoms with Gasteiger partial charge < -0.3 is 10.2 Å². The summed E-state index contributed by atoms with van der Waals surface area (Å²) < 4.78 is 0.771. The molecule has 8 heteroatoms. The molecule has 0 aliphatic carbocycles. The SMILES string of the molecule is O=C(O)c1cnc2c(C(=O)O)c[nH]n2c1=O. The van der Waals surface area contributed by atoms with Gasteiger partial charge in [-0.2, -0.15) is 0 Å². The molecule has 3 N–H and O–H groups in total. The van der Waals surface area contributed by atoms with Crippen molar-refractivity contribution in [3.8, 4) is 0 Å². The molecular weight excluding hydrogens is 218 g/mol. The first kappa shape index (κ1) is 9.90. The van der Waals surface area contributed by atoms with Gasteiger partial charge in [-0.1, -0.05) is 0 Å². The van der Waals surface area contributed by atoms with Crippen molar-refractivity contribution in [1.82, 2.24) is 14.6 Å². The third-order valence-corrected chi connectivity index (χ3v) is 2.00. The Kier molecular flexibility index (Phi) is 1.97. The molecule has 2 aromatic heterocycles. The van der Waals surface area contributed by atoms with Crippen LogP contribution in [0.3, 0.4) is 0 Å². The van der Waals surface area contributed by atoms with Gasteiger partial charge in [-0.25, -0.2) is 19.1 Å². The van der Waals surface area contributed by atoms with Crippen molar-refractivity contribution in [1.29, 1.82) is 0 Å². The van der Waals surface area contributed by atoms with E-state index in [1.165, 1.54) is 0 Å². The minimum atomic E-state index is -1.42. The summed E-state index contributed by atoms with van der Waals surface area (Å²) in [7, 11) is 0. The number of hydrogen-bond acceptors (Lipinski definition) is 4. The molecule has 0 unspecified atom stereocenters. The Morgan fingerprint density at radius 1 is 1.25 bits per heavy atom. The molecule has 0 saturated heterocycles. The predicted molar refractivity (Wildman–Crippen MR) is 49.7 cm³/mol. The van der Waals surface area contributed by atoms with Crippen molar-refractivity contribution in [2.24, 2.45) is 0 Å². The molecule has 0 atom stereocenters. The van der Waals surface area contributed by atoms with Crippen LogP contribution < -0.4 is 5.56 Å². The van der Waals surface area contributed by atoms with Gasteiger partial charge >= 0.3 is 11.9 Å². The Morgan fingerprint density at radius 3 is 2.44 bits per heavy atom. The number of aromatic nitrogens is 3. The lowest BCUT2D eigenvalue weighted by Crippen LogP contribution is -2.23. The van der Waals surface area contributed by atoms with Crippen LogP contribution in [0, 0.1) is 0 Å². The number of aromatic amines is 1. The molecule has 0 aliphatic heterocycles. The number of carboxylic acids is 2. The second-order valence-corrected chi connectivity index (χ2v) is 2.93. The van der Waals surface area contributed by atoms with Crippen molar-refractivity contribution < 1.29 is 19.8 Å². The van der Waals surface area contributed by atoms with Gasteiger partial charge in [0.1, 0.15) is 11.1 Å². The number of nitrogens with one attached hydrogen (secondary N) is 1. The number of rotatable bonds is 2. The molecule has 0 saturated carbocycles. The molecule has 0 radical (unpaired) electrons. The maximum atomic E-state index is 11.5. The fourth-order valence-corrected chi connectivity index (χ4v) is 1.26. The normalized spacial score (nSPS) is 10.5. The number of nitrogens with zero attached hydrogens (tertiary/aromatic N) is 2. The van der Waals surface area contributed by atoms with Crippen LogP contribution in [-0.2, 0) is 0 Å². The minimum absolute atomic E-state index is 0.123. The van der Waals surface area contributed by atoms with Crippen LogP contribution in [0.1, 0.15) is 20.7 Å². The topological polar surface area (TPSA) is 125 Å². The van der Waals surface area contributed by atoms with Crippen LogP contribution in [0.2, 0.25) is 0 Å². The number of hydrogen-bond donors (Lipinski definition) is 3. The first-order chi connectivity index (χ1) is 7.52. The monoisotopic (exact) mass is 223 g/mol. The summed E-state index contributed by atoms with van der Waals surface area (Å²) in [6.45, 7) is 0. The maximum Gasteiger partial charge on any atom is 0.343 e. The van der Waals surface area contributed by atoms with Gasteiger partial charge in [-0.15, -0.1) is 0 Å². The lowest BCUT2D eigenvalue weighted by atomic mass is 10.3. The Hall–Kier alpha value is -2.64. The Balaban J connectivity index is 2.84. The lowest BCUT2D eigenvalue weighted by molar-refractivity contribution is 0.0686. The summed E-state index contributed by atoms with van der Waals surface area (Å²) in [5.41, 5.74) is -1.71. The quantitative estimate of drug-likeness (QED) is 0.625. The zero-order valence-electron chi connectivity index (χ0n) is 7.67. The number of fused-ring (bicyclic) bond motifs is 1. The largest absolute Gasteiger partial charge is 0.477 e.